The molecule has 3 N–H and O–H groups in total. The van der Waals surface area contributed by atoms with Crippen molar-refractivity contribution >= 4 is 40.0 Å². The smallest absolute Gasteiger partial charge is 0.337 e. The van der Waals surface area contributed by atoms with Gasteiger partial charge in [-0.15, -0.1) is 12.4 Å². The van der Waals surface area contributed by atoms with Crippen LogP contribution in [0, 0.1) is 5.82 Å². The molecule has 1 aromatic rings. The number of carbonyl (C=O) groups is 1. The molecule has 0 atom stereocenters. The third kappa shape index (κ3) is 2.57. The third-order valence-electron chi connectivity index (χ3n) is 1.32. The van der Waals surface area contributed by atoms with Gasteiger partial charge in [0.05, 0.1) is 10.0 Å². The minimum Gasteiger partial charge on any atom is -0.478 e. The van der Waals surface area contributed by atoms with Crippen LogP contribution >= 0.6 is 28.3 Å². The summed E-state index contributed by atoms with van der Waals surface area (Å²) < 4.78 is 12.8. The van der Waals surface area contributed by atoms with Crippen LogP contribution in [0.5, 0.6) is 0 Å². The maximum atomic E-state index is 12.7. The Kier molecular flexibility index (Phi) is 4.16. The number of nitrogens with two attached hydrogens (primary N) is 1. The number of nitrogen functional groups attached to an aromatic ring is 1. The SMILES string of the molecule is Cl.Nc1cc(F)c(Br)cc1C(=O)O. The third-order valence-corrected chi connectivity index (χ3v) is 1.93. The number of benzene rings is 1. The van der Waals surface area contributed by atoms with Gasteiger partial charge in [0.25, 0.3) is 0 Å². The number of hydrogen-bond donors (Lipinski definition) is 2. The number of aromatic carboxylic acids is 1. The van der Waals surface area contributed by atoms with Crippen molar-refractivity contribution in [3.05, 3.63) is 28.0 Å². The first-order valence-corrected chi connectivity index (χ1v) is 3.79. The molecule has 0 spiro atoms. The normalized spacial score (nSPS) is 9.08. The lowest BCUT2D eigenvalue weighted by Gasteiger charge is -2.01. The summed E-state index contributed by atoms with van der Waals surface area (Å²) in [6.07, 6.45) is 0. The molecule has 0 saturated carbocycles. The van der Waals surface area contributed by atoms with E-state index < -0.39 is 11.8 Å². The van der Waals surface area contributed by atoms with Gasteiger partial charge in [0, 0.05) is 5.69 Å². The molecule has 0 aliphatic carbocycles. The molecular formula is C7H6BrClFNO2. The summed E-state index contributed by atoms with van der Waals surface area (Å²) in [6, 6.07) is 2.10. The standard InChI is InChI=1S/C7H5BrFNO2.ClH/c8-4-1-3(7(11)12)6(10)2-5(4)9;/h1-2H,10H2,(H,11,12);1H. The molecule has 0 saturated heterocycles. The van der Waals surface area contributed by atoms with Gasteiger partial charge in [-0.2, -0.15) is 0 Å². The Bertz CT molecular complexity index is 346. The van der Waals surface area contributed by atoms with Crippen LogP contribution in [0.4, 0.5) is 10.1 Å². The average Bonchev–Trinajstić information content (AvgIpc) is 1.96. The van der Waals surface area contributed by atoms with E-state index in [9.17, 15) is 9.18 Å². The van der Waals surface area contributed by atoms with E-state index >= 15 is 0 Å². The van der Waals surface area contributed by atoms with Crippen molar-refractivity contribution in [1.82, 2.24) is 0 Å². The van der Waals surface area contributed by atoms with Crippen LogP contribution in [0.2, 0.25) is 0 Å². The number of rotatable bonds is 1. The Morgan fingerprint density at radius 1 is 1.54 bits per heavy atom. The van der Waals surface area contributed by atoms with E-state index in [0.717, 1.165) is 12.1 Å². The average molecular weight is 270 g/mol. The molecule has 3 nitrogen and oxygen atoms in total. The minimum absolute atomic E-state index is 0. The number of anilines is 1. The van der Waals surface area contributed by atoms with E-state index in [1.165, 1.54) is 0 Å². The van der Waals surface area contributed by atoms with E-state index in [1.54, 1.807) is 0 Å². The van der Waals surface area contributed by atoms with Crippen LogP contribution in [0.15, 0.2) is 16.6 Å². The van der Waals surface area contributed by atoms with Crippen molar-refractivity contribution in [2.75, 3.05) is 5.73 Å². The van der Waals surface area contributed by atoms with Gasteiger partial charge in [-0.05, 0) is 28.1 Å². The molecule has 0 aromatic heterocycles. The predicted molar refractivity (Wildman–Crippen MR) is 52.7 cm³/mol. The van der Waals surface area contributed by atoms with Gasteiger partial charge < -0.3 is 10.8 Å². The summed E-state index contributed by atoms with van der Waals surface area (Å²) in [5, 5.41) is 8.56. The van der Waals surface area contributed by atoms with E-state index in [4.69, 9.17) is 10.8 Å². The van der Waals surface area contributed by atoms with Gasteiger partial charge in [0.2, 0.25) is 0 Å². The van der Waals surface area contributed by atoms with E-state index in [1.807, 2.05) is 0 Å². The van der Waals surface area contributed by atoms with Gasteiger partial charge in [0.1, 0.15) is 5.82 Å². The predicted octanol–water partition coefficient (Wildman–Crippen LogP) is 2.29. The summed E-state index contributed by atoms with van der Waals surface area (Å²) >= 11 is 2.85. The molecule has 72 valence electrons. The number of hydrogen-bond acceptors (Lipinski definition) is 2. The molecule has 0 fully saturated rings. The lowest BCUT2D eigenvalue weighted by Crippen LogP contribution is -2.03. The first-order chi connectivity index (χ1) is 5.52. The maximum Gasteiger partial charge on any atom is 0.337 e. The first-order valence-electron chi connectivity index (χ1n) is 3.00. The molecule has 0 radical (unpaired) electrons. The quantitative estimate of drug-likeness (QED) is 0.770. The lowest BCUT2D eigenvalue weighted by molar-refractivity contribution is 0.0698. The topological polar surface area (TPSA) is 63.3 Å². The van der Waals surface area contributed by atoms with Gasteiger partial charge >= 0.3 is 5.97 Å². The number of carboxylic acid groups (broad SMARTS) is 1. The highest BCUT2D eigenvalue weighted by Crippen LogP contribution is 2.22. The summed E-state index contributed by atoms with van der Waals surface area (Å²) in [6.45, 7) is 0. The molecule has 0 bridgehead atoms. The van der Waals surface area contributed by atoms with Crippen molar-refractivity contribution in [3.63, 3.8) is 0 Å². The molecule has 13 heavy (non-hydrogen) atoms. The molecule has 0 unspecified atom stereocenters. The molecular weight excluding hydrogens is 264 g/mol. The van der Waals surface area contributed by atoms with E-state index in [2.05, 4.69) is 15.9 Å². The summed E-state index contributed by atoms with van der Waals surface area (Å²) in [5.41, 5.74) is 5.06. The number of halogens is 3. The van der Waals surface area contributed by atoms with Crippen LogP contribution < -0.4 is 5.73 Å². The van der Waals surface area contributed by atoms with Crippen molar-refractivity contribution in [3.8, 4) is 0 Å². The Morgan fingerprint density at radius 3 is 2.54 bits per heavy atom. The second kappa shape index (κ2) is 4.43. The maximum absolute atomic E-state index is 12.7. The van der Waals surface area contributed by atoms with Gasteiger partial charge in [-0.3, -0.25) is 0 Å². The molecule has 0 aliphatic heterocycles. The molecule has 0 heterocycles. The van der Waals surface area contributed by atoms with Crippen molar-refractivity contribution in [2.24, 2.45) is 0 Å². The summed E-state index contributed by atoms with van der Waals surface area (Å²) in [5.74, 6) is -1.74. The monoisotopic (exact) mass is 269 g/mol. The summed E-state index contributed by atoms with van der Waals surface area (Å²) in [7, 11) is 0. The van der Waals surface area contributed by atoms with Gasteiger partial charge in [-0.1, -0.05) is 0 Å². The zero-order valence-corrected chi connectivity index (χ0v) is 8.65. The minimum atomic E-state index is -1.17. The zero-order valence-electron chi connectivity index (χ0n) is 6.25. The molecule has 0 aliphatic rings. The fourth-order valence-electron chi connectivity index (χ4n) is 0.747. The summed E-state index contributed by atoms with van der Waals surface area (Å²) in [4.78, 5) is 10.5. The Morgan fingerprint density at radius 2 is 2.08 bits per heavy atom. The van der Waals surface area contributed by atoms with Crippen LogP contribution in [0.25, 0.3) is 0 Å². The van der Waals surface area contributed by atoms with E-state index in [0.29, 0.717) is 0 Å². The Labute approximate surface area is 88.3 Å². The Balaban J connectivity index is 0.00000144. The highest BCUT2D eigenvalue weighted by molar-refractivity contribution is 9.10. The van der Waals surface area contributed by atoms with Crippen LogP contribution in [-0.2, 0) is 0 Å². The highest BCUT2D eigenvalue weighted by Gasteiger charge is 2.11. The fraction of sp³-hybridized carbons (Fsp3) is 0. The lowest BCUT2D eigenvalue weighted by atomic mass is 10.2. The first kappa shape index (κ1) is 12.2. The molecule has 0 amide bonds. The van der Waals surface area contributed by atoms with Crippen molar-refractivity contribution in [2.45, 2.75) is 0 Å². The number of carboxylic acids is 1. The van der Waals surface area contributed by atoms with Crippen LogP contribution in [-0.4, -0.2) is 11.1 Å². The molecule has 1 aromatic carbocycles. The zero-order chi connectivity index (χ0) is 9.30. The van der Waals surface area contributed by atoms with Crippen LogP contribution in [0.1, 0.15) is 10.4 Å². The Hall–Kier alpha value is -0.810. The second-order valence-electron chi connectivity index (χ2n) is 2.16. The van der Waals surface area contributed by atoms with Crippen molar-refractivity contribution < 1.29 is 14.3 Å². The van der Waals surface area contributed by atoms with Gasteiger partial charge in [-0.25, -0.2) is 9.18 Å². The second-order valence-corrected chi connectivity index (χ2v) is 3.01. The van der Waals surface area contributed by atoms with Crippen LogP contribution in [0.3, 0.4) is 0 Å². The molecule has 6 heteroatoms. The highest BCUT2D eigenvalue weighted by atomic mass is 79.9. The van der Waals surface area contributed by atoms with Gasteiger partial charge in [0.15, 0.2) is 0 Å². The molecule has 1 rings (SSSR count). The fourth-order valence-corrected chi connectivity index (χ4v) is 1.09. The van der Waals surface area contributed by atoms with E-state index in [-0.39, 0.29) is 28.1 Å². The largest absolute Gasteiger partial charge is 0.478 e. The van der Waals surface area contributed by atoms with Crippen molar-refractivity contribution in [1.29, 1.82) is 0 Å².